The Balaban J connectivity index is 1.23. The molecule has 0 saturated heterocycles. The lowest BCUT2D eigenvalue weighted by atomic mass is 9.33. The van der Waals surface area contributed by atoms with Gasteiger partial charge < -0.3 is 9.32 Å². The molecule has 1 fully saturated rings. The molecule has 3 heterocycles. The Bertz CT molecular complexity index is 3120. The topological polar surface area (TPSA) is 19.6 Å². The van der Waals surface area contributed by atoms with E-state index in [1.54, 1.807) is 5.56 Å². The lowest BCUT2D eigenvalue weighted by Crippen LogP contribution is -2.61. The van der Waals surface area contributed by atoms with Gasteiger partial charge in [0.25, 0.3) is 6.71 Å². The molecule has 1 saturated carbocycles. The van der Waals surface area contributed by atoms with Crippen LogP contribution in [0.5, 0.6) is 0 Å². The van der Waals surface area contributed by atoms with E-state index in [-0.39, 0.29) is 50.0 Å². The molecule has 0 radical (unpaired) electrons. The Kier molecular flexibility index (Phi) is 8.54. The van der Waals surface area contributed by atoms with E-state index in [4.69, 9.17) is 4.42 Å². The molecule has 67 heavy (non-hydrogen) atoms. The van der Waals surface area contributed by atoms with E-state index in [0.717, 1.165) is 11.5 Å². The third-order valence-corrected chi connectivity index (χ3v) is 19.1. The largest absolute Gasteiger partial charge is 0.440 e. The first kappa shape index (κ1) is 43.6. The fourth-order valence-electron chi connectivity index (χ4n) is 14.5. The van der Waals surface area contributed by atoms with E-state index in [1.807, 2.05) is 0 Å². The molecular weight excluding hydrogens is 812 g/mol. The van der Waals surface area contributed by atoms with Gasteiger partial charge in [0.2, 0.25) is 5.88 Å². The summed E-state index contributed by atoms with van der Waals surface area (Å²) in [7, 11) is 0. The van der Waals surface area contributed by atoms with Gasteiger partial charge in [-0.05, 0) is 198 Å². The van der Waals surface area contributed by atoms with Crippen LogP contribution >= 0.6 is 0 Å². The Labute approximate surface area is 403 Å². The highest BCUT2D eigenvalue weighted by Gasteiger charge is 2.55. The van der Waals surface area contributed by atoms with E-state index >= 15 is 0 Å². The predicted molar refractivity (Wildman–Crippen MR) is 287 cm³/mol. The summed E-state index contributed by atoms with van der Waals surface area (Å²) < 4.78 is 7.65. The summed E-state index contributed by atoms with van der Waals surface area (Å²) in [6.45, 7) is 39.0. The normalized spacial score (nSPS) is 24.5. The van der Waals surface area contributed by atoms with Crippen LogP contribution in [0.15, 0.2) is 83.3 Å². The summed E-state index contributed by atoms with van der Waals surface area (Å²) in [5, 5.41) is 1.29. The van der Waals surface area contributed by atoms with Gasteiger partial charge in [-0.1, -0.05) is 135 Å². The third-order valence-electron chi connectivity index (χ3n) is 19.1. The Hall–Kier alpha value is -4.70. The van der Waals surface area contributed by atoms with Crippen molar-refractivity contribution in [3.63, 3.8) is 0 Å². The van der Waals surface area contributed by atoms with Crippen molar-refractivity contribution in [3.05, 3.63) is 123 Å². The standard InChI is InChI=1S/C63H75BN2O/c1-56(2,3)37-17-19-39(20-18-37)65-49-34-45-44(60(11,12)25-26-61(45,13)14)33-48(49)64-53-41-32-46-47(63(16)28-27-62(46,15)36-63)35-52(41)67-55(53)66(51-30-38(57(4,5)6)29-50(65)54(51)64)40-21-22-42-43(31-40)59(9,10)24-23-58(42,7)8/h17-22,29-35H,23-28,36H2,1-16H3. The molecule has 6 aromatic rings. The monoisotopic (exact) mass is 887 g/mol. The van der Waals surface area contributed by atoms with Crippen molar-refractivity contribution in [3.8, 4) is 0 Å². The highest BCUT2D eigenvalue weighted by molar-refractivity contribution is 7.01. The van der Waals surface area contributed by atoms with E-state index in [0.29, 0.717) is 0 Å². The molecule has 0 N–H and O–H groups in total. The van der Waals surface area contributed by atoms with Crippen LogP contribution < -0.4 is 26.2 Å². The molecule has 2 atom stereocenters. The van der Waals surface area contributed by atoms with Crippen molar-refractivity contribution in [1.29, 1.82) is 0 Å². The maximum absolute atomic E-state index is 7.65. The van der Waals surface area contributed by atoms with E-state index in [2.05, 4.69) is 199 Å². The Morgan fingerprint density at radius 3 is 1.54 bits per heavy atom. The van der Waals surface area contributed by atoms with Crippen LogP contribution in [0.4, 0.5) is 34.3 Å². The molecule has 3 nitrogen and oxygen atoms in total. The van der Waals surface area contributed by atoms with Crippen LogP contribution in [-0.4, -0.2) is 6.71 Å². The van der Waals surface area contributed by atoms with Crippen molar-refractivity contribution in [2.24, 2.45) is 0 Å². The van der Waals surface area contributed by atoms with E-state index in [9.17, 15) is 0 Å². The van der Waals surface area contributed by atoms with E-state index < -0.39 is 0 Å². The molecule has 346 valence electrons. The molecule has 12 rings (SSSR count). The fourth-order valence-corrected chi connectivity index (χ4v) is 14.5. The average Bonchev–Trinajstić information content (AvgIpc) is 3.86. The zero-order valence-corrected chi connectivity index (χ0v) is 43.8. The summed E-state index contributed by atoms with van der Waals surface area (Å²) in [5.74, 6) is 0.995. The van der Waals surface area contributed by atoms with Gasteiger partial charge in [-0.25, -0.2) is 0 Å². The predicted octanol–water partition coefficient (Wildman–Crippen LogP) is 15.5. The molecule has 2 bridgehead atoms. The van der Waals surface area contributed by atoms with Gasteiger partial charge >= 0.3 is 0 Å². The molecule has 2 unspecified atom stereocenters. The van der Waals surface area contributed by atoms with E-state index in [1.165, 1.54) is 134 Å². The summed E-state index contributed by atoms with van der Waals surface area (Å²) >= 11 is 0. The average molecular weight is 887 g/mol. The van der Waals surface area contributed by atoms with Crippen LogP contribution in [0.25, 0.3) is 11.0 Å². The second kappa shape index (κ2) is 13.1. The van der Waals surface area contributed by atoms with Crippen LogP contribution in [0.3, 0.4) is 0 Å². The van der Waals surface area contributed by atoms with Crippen LogP contribution in [0, 0.1) is 0 Å². The first-order valence-corrected chi connectivity index (χ1v) is 26.0. The minimum Gasteiger partial charge on any atom is -0.440 e. The minimum atomic E-state index is -0.113. The van der Waals surface area contributed by atoms with Crippen molar-refractivity contribution in [2.45, 2.75) is 199 Å². The van der Waals surface area contributed by atoms with Crippen molar-refractivity contribution in [2.75, 3.05) is 9.80 Å². The first-order valence-electron chi connectivity index (χ1n) is 26.0. The van der Waals surface area contributed by atoms with Crippen molar-refractivity contribution < 1.29 is 4.42 Å². The smallest absolute Gasteiger partial charge is 0.257 e. The lowest BCUT2D eigenvalue weighted by molar-refractivity contribution is 0.332. The van der Waals surface area contributed by atoms with Gasteiger partial charge in [-0.3, -0.25) is 4.90 Å². The summed E-state index contributed by atoms with van der Waals surface area (Å²) in [4.78, 5) is 5.26. The van der Waals surface area contributed by atoms with Crippen LogP contribution in [0.1, 0.15) is 200 Å². The number of benzene rings is 5. The number of nitrogens with zero attached hydrogens (tertiary/aromatic N) is 2. The second-order valence-electron chi connectivity index (χ2n) is 27.8. The molecule has 4 heteroatoms. The summed E-state index contributed by atoms with van der Waals surface area (Å²) in [6, 6.07) is 32.6. The van der Waals surface area contributed by atoms with Gasteiger partial charge in [-0.2, -0.15) is 0 Å². The zero-order valence-electron chi connectivity index (χ0n) is 43.8. The number of hydrogen-bond donors (Lipinski definition) is 0. The number of hydrogen-bond acceptors (Lipinski definition) is 3. The van der Waals surface area contributed by atoms with Gasteiger partial charge in [0.05, 0.1) is 0 Å². The molecule has 6 aliphatic rings. The highest BCUT2D eigenvalue weighted by Crippen LogP contribution is 2.62. The maximum atomic E-state index is 7.65. The number of anilines is 6. The van der Waals surface area contributed by atoms with Gasteiger partial charge in [0, 0.05) is 39.3 Å². The number of fused-ring (bicyclic) bond motifs is 13. The molecule has 0 spiro atoms. The van der Waals surface area contributed by atoms with Crippen molar-refractivity contribution in [1.82, 2.24) is 0 Å². The molecule has 5 aromatic carbocycles. The number of rotatable bonds is 2. The highest BCUT2D eigenvalue weighted by atomic mass is 16.4. The lowest BCUT2D eigenvalue weighted by Gasteiger charge is -2.47. The molecule has 1 aromatic heterocycles. The molecule has 4 aliphatic carbocycles. The van der Waals surface area contributed by atoms with Crippen LogP contribution in [0.2, 0.25) is 0 Å². The van der Waals surface area contributed by atoms with Gasteiger partial charge in [0.1, 0.15) is 5.58 Å². The van der Waals surface area contributed by atoms with Crippen molar-refractivity contribution >= 4 is 68.4 Å². The molecule has 2 aliphatic heterocycles. The zero-order chi connectivity index (χ0) is 47.6. The quantitative estimate of drug-likeness (QED) is 0.161. The van der Waals surface area contributed by atoms with Crippen LogP contribution in [-0.2, 0) is 43.3 Å². The van der Waals surface area contributed by atoms with Gasteiger partial charge in [0.15, 0.2) is 0 Å². The van der Waals surface area contributed by atoms with Gasteiger partial charge in [-0.15, -0.1) is 0 Å². The summed E-state index contributed by atoms with van der Waals surface area (Å²) in [6.07, 6.45) is 8.44. The Morgan fingerprint density at radius 2 is 0.955 bits per heavy atom. The second-order valence-corrected chi connectivity index (χ2v) is 27.8. The molecular formula is C63H75BN2O. The SMILES string of the molecule is CC(C)(C)c1ccc(N2c3cc4c(cc3B3c5c2cc(C(C)(C)C)cc5N(c2ccc5c(c2)C(C)(C)CCC5(C)C)c2oc5cc6c(cc5c23)C2(C)CCC6(C)C2)C(C)(C)CCC4(C)C)cc1. The third kappa shape index (κ3) is 6.02. The summed E-state index contributed by atoms with van der Waals surface area (Å²) in [5.41, 5.74) is 23.8. The molecule has 0 amide bonds. The Morgan fingerprint density at radius 1 is 0.448 bits per heavy atom. The number of furan rings is 1. The fraction of sp³-hybridized carbons (Fsp3) is 0.492. The maximum Gasteiger partial charge on any atom is 0.257 e. The first-order chi connectivity index (χ1) is 31.1. The minimum absolute atomic E-state index is 0.0224.